The zero-order valence-electron chi connectivity index (χ0n) is 26.6. The van der Waals surface area contributed by atoms with Crippen LogP contribution in [0.3, 0.4) is 0 Å². The Kier molecular flexibility index (Phi) is 14.7. The summed E-state index contributed by atoms with van der Waals surface area (Å²) in [4.78, 5) is 27.8. The van der Waals surface area contributed by atoms with Gasteiger partial charge in [0, 0.05) is 38.9 Å². The first-order valence-corrected chi connectivity index (χ1v) is 15.9. The highest BCUT2D eigenvalue weighted by Gasteiger charge is 2.50. The van der Waals surface area contributed by atoms with Gasteiger partial charge in [-0.25, -0.2) is 8.78 Å². The molecule has 2 atom stereocenters. The van der Waals surface area contributed by atoms with Crippen molar-refractivity contribution in [3.8, 4) is 5.75 Å². The number of nitrogens with one attached hydrogen (secondary N) is 4. The van der Waals surface area contributed by atoms with E-state index in [2.05, 4.69) is 17.2 Å². The van der Waals surface area contributed by atoms with Crippen molar-refractivity contribution in [2.75, 3.05) is 27.3 Å². The summed E-state index contributed by atoms with van der Waals surface area (Å²) in [5.41, 5.74) is -0.475. The Morgan fingerprint density at radius 3 is 2.41 bits per heavy atom. The van der Waals surface area contributed by atoms with E-state index in [0.717, 1.165) is 62.3 Å². The minimum atomic E-state index is -0.771. The topological polar surface area (TPSA) is 142 Å². The molecule has 244 valence electrons. The normalized spacial score (nSPS) is 21.8. The number of fused-ring (bicyclic) bond motifs is 1. The highest BCUT2D eigenvalue weighted by Crippen LogP contribution is 2.52. The van der Waals surface area contributed by atoms with Crippen molar-refractivity contribution < 1.29 is 23.4 Å². The first-order valence-electron chi connectivity index (χ1n) is 15.1. The molecule has 2 aliphatic rings. The zero-order chi connectivity index (χ0) is 33.0. The van der Waals surface area contributed by atoms with E-state index in [4.69, 9.17) is 15.6 Å². The Morgan fingerprint density at radius 2 is 1.89 bits per heavy atom. The minimum Gasteiger partial charge on any atom is -0.503 e. The van der Waals surface area contributed by atoms with E-state index in [9.17, 15) is 23.5 Å². The number of benzene rings is 1. The molecule has 2 saturated carbocycles. The number of aryl methyl sites for hydroxylation is 1. The van der Waals surface area contributed by atoms with Gasteiger partial charge in [0.25, 0.3) is 0 Å². The number of aromatic hydroxyl groups is 1. The van der Waals surface area contributed by atoms with Crippen LogP contribution in [-0.4, -0.2) is 64.5 Å². The third-order valence-electron chi connectivity index (χ3n) is 8.44. The lowest BCUT2D eigenvalue weighted by atomic mass is 9.95. The van der Waals surface area contributed by atoms with E-state index >= 15 is 0 Å². The summed E-state index contributed by atoms with van der Waals surface area (Å²) in [6.45, 7) is 9.24. The summed E-state index contributed by atoms with van der Waals surface area (Å²) in [7, 11) is 3.78. The number of carbonyl (C=O) groups is 1. The lowest BCUT2D eigenvalue weighted by Crippen LogP contribution is -2.55. The molecule has 0 radical (unpaired) electrons. The summed E-state index contributed by atoms with van der Waals surface area (Å²) in [6, 6.07) is 3.04. The second-order valence-corrected chi connectivity index (χ2v) is 12.1. The molecule has 2 aliphatic carbocycles. The number of carbonyl (C=O) groups excluding carboxylic acids is 1. The SMILES string of the molecule is CC.CCN(C=O)C1(NC)CC2CC(CCOC)CC2C1.Cc1[nH]cc(C(=N)SC(=N)Cc2ccc(F)cc2F)c(=O)c1O. The van der Waals surface area contributed by atoms with Gasteiger partial charge in [0.1, 0.15) is 16.7 Å². The van der Waals surface area contributed by atoms with Gasteiger partial charge >= 0.3 is 0 Å². The number of amides is 1. The number of aromatic nitrogens is 1. The summed E-state index contributed by atoms with van der Waals surface area (Å²) in [5.74, 6) is 0.430. The second-order valence-electron chi connectivity index (χ2n) is 11.0. The molecule has 0 aliphatic heterocycles. The third kappa shape index (κ3) is 9.21. The maximum Gasteiger partial charge on any atom is 0.233 e. The molecular formula is C32H47F2N5O4S. The average Bonchev–Trinajstić information content (AvgIpc) is 3.54. The molecule has 9 nitrogen and oxygen atoms in total. The molecule has 1 aromatic carbocycles. The molecule has 0 bridgehead atoms. The van der Waals surface area contributed by atoms with Gasteiger partial charge < -0.3 is 19.7 Å². The van der Waals surface area contributed by atoms with Crippen LogP contribution in [0.4, 0.5) is 8.78 Å². The number of ether oxygens (including phenoxy) is 1. The highest BCUT2D eigenvalue weighted by molar-refractivity contribution is 8.26. The molecule has 5 N–H and O–H groups in total. The van der Waals surface area contributed by atoms with E-state index in [-0.39, 0.29) is 39.0 Å². The van der Waals surface area contributed by atoms with Gasteiger partial charge in [-0.1, -0.05) is 31.7 Å². The number of hydrogen-bond acceptors (Lipinski definition) is 8. The molecule has 1 heterocycles. The van der Waals surface area contributed by atoms with E-state index in [1.807, 2.05) is 25.8 Å². The number of H-pyrrole nitrogens is 1. The third-order valence-corrected chi connectivity index (χ3v) is 9.25. The van der Waals surface area contributed by atoms with Crippen molar-refractivity contribution in [1.82, 2.24) is 15.2 Å². The van der Waals surface area contributed by atoms with Gasteiger partial charge in [0.15, 0.2) is 5.75 Å². The molecule has 2 aromatic rings. The lowest BCUT2D eigenvalue weighted by molar-refractivity contribution is -0.125. The maximum atomic E-state index is 13.5. The fourth-order valence-corrected chi connectivity index (χ4v) is 6.94. The largest absolute Gasteiger partial charge is 0.503 e. The smallest absolute Gasteiger partial charge is 0.233 e. The summed E-state index contributed by atoms with van der Waals surface area (Å²) >= 11 is 0.664. The molecule has 1 aromatic heterocycles. The van der Waals surface area contributed by atoms with Crippen LogP contribution < -0.4 is 10.7 Å². The van der Waals surface area contributed by atoms with Gasteiger partial charge in [0.2, 0.25) is 11.8 Å². The van der Waals surface area contributed by atoms with Crippen molar-refractivity contribution in [2.45, 2.75) is 71.9 Å². The number of halogens is 2. The van der Waals surface area contributed by atoms with E-state index < -0.39 is 22.8 Å². The Hall–Kier alpha value is -3.09. The van der Waals surface area contributed by atoms with Gasteiger partial charge in [-0.3, -0.25) is 25.7 Å². The number of nitrogens with zero attached hydrogens (tertiary/aromatic N) is 1. The fraction of sp³-hybridized carbons (Fsp3) is 0.562. The molecular weight excluding hydrogens is 588 g/mol. The Labute approximate surface area is 263 Å². The zero-order valence-corrected chi connectivity index (χ0v) is 27.4. The van der Waals surface area contributed by atoms with Crippen LogP contribution in [0.1, 0.15) is 69.7 Å². The van der Waals surface area contributed by atoms with Crippen molar-refractivity contribution in [3.05, 3.63) is 63.1 Å². The van der Waals surface area contributed by atoms with Crippen molar-refractivity contribution in [2.24, 2.45) is 17.8 Å². The molecule has 0 saturated heterocycles. The average molecular weight is 636 g/mol. The number of methoxy groups -OCH3 is 1. The Morgan fingerprint density at radius 1 is 1.25 bits per heavy atom. The summed E-state index contributed by atoms with van der Waals surface area (Å²) < 4.78 is 31.6. The fourth-order valence-electron chi connectivity index (χ4n) is 6.20. The number of pyridine rings is 1. The van der Waals surface area contributed by atoms with Crippen molar-refractivity contribution >= 4 is 28.3 Å². The maximum absolute atomic E-state index is 13.5. The first-order chi connectivity index (χ1) is 21.0. The van der Waals surface area contributed by atoms with Gasteiger partial charge in [-0.15, -0.1) is 0 Å². The molecule has 1 amide bonds. The van der Waals surface area contributed by atoms with Crippen molar-refractivity contribution in [3.63, 3.8) is 0 Å². The summed E-state index contributed by atoms with van der Waals surface area (Å²) in [6.07, 6.45) is 8.21. The molecule has 4 rings (SSSR count). The minimum absolute atomic E-state index is 0.0811. The molecule has 2 unspecified atom stereocenters. The van der Waals surface area contributed by atoms with E-state index in [1.54, 1.807) is 7.11 Å². The lowest BCUT2D eigenvalue weighted by Gasteiger charge is -2.39. The van der Waals surface area contributed by atoms with Crippen molar-refractivity contribution in [1.29, 1.82) is 10.8 Å². The molecule has 12 heteroatoms. The predicted molar refractivity (Wildman–Crippen MR) is 173 cm³/mol. The van der Waals surface area contributed by atoms with E-state index in [1.165, 1.54) is 38.4 Å². The molecule has 0 spiro atoms. The molecule has 2 fully saturated rings. The van der Waals surface area contributed by atoms with Crippen LogP contribution in [0.25, 0.3) is 0 Å². The number of aromatic amines is 1. The first kappa shape index (κ1) is 37.1. The van der Waals surface area contributed by atoms with Crippen LogP contribution in [0.15, 0.2) is 29.2 Å². The standard InChI is InChI=1S/C15H13F2N3O2S.C15H28N2O2.C2H6/c1-7-13(21)14(22)10(6-20-7)15(19)23-12(18)4-8-2-3-9(16)5-11(8)17;1-4-17(11-18)15(16-2)9-13-7-12(5-6-19-3)8-14(13)10-15;1-2/h2-3,5-6,18-19,21H,4H2,1H3,(H,20,22);11-14,16H,4-10H2,1-3H3;1-2H3. The summed E-state index contributed by atoms with van der Waals surface area (Å²) in [5, 5.41) is 28.4. The van der Waals surface area contributed by atoms with Gasteiger partial charge in [-0.05, 0) is 82.4 Å². The predicted octanol–water partition coefficient (Wildman–Crippen LogP) is 5.82. The number of hydrogen-bond donors (Lipinski definition) is 5. The Balaban J connectivity index is 0.000000295. The van der Waals surface area contributed by atoms with Crippen LogP contribution in [0.5, 0.6) is 5.75 Å². The number of thioether (sulfide) groups is 1. The Bertz CT molecular complexity index is 1320. The van der Waals surface area contributed by atoms with Gasteiger partial charge in [-0.2, -0.15) is 0 Å². The number of rotatable bonds is 10. The van der Waals surface area contributed by atoms with Gasteiger partial charge in [0.05, 0.1) is 22.0 Å². The quantitative estimate of drug-likeness (QED) is 0.0963. The van der Waals surface area contributed by atoms with E-state index in [0.29, 0.717) is 11.8 Å². The van der Waals surface area contributed by atoms with Crippen LogP contribution >= 0.6 is 11.8 Å². The van der Waals surface area contributed by atoms with Crippen LogP contribution in [-0.2, 0) is 16.0 Å². The second kappa shape index (κ2) is 17.4. The molecule has 44 heavy (non-hydrogen) atoms. The monoisotopic (exact) mass is 635 g/mol. The van der Waals surface area contributed by atoms with Crippen LogP contribution in [0, 0.1) is 47.1 Å². The van der Waals surface area contributed by atoms with Crippen LogP contribution in [0.2, 0.25) is 0 Å². The highest BCUT2D eigenvalue weighted by atomic mass is 32.2.